The number of piperidine rings is 1. The monoisotopic (exact) mass is 427 g/mol. The lowest BCUT2D eigenvalue weighted by atomic mass is 9.90. The molecule has 0 aliphatic carbocycles. The number of amides is 2. The molecule has 1 atom stereocenters. The summed E-state index contributed by atoms with van der Waals surface area (Å²) >= 11 is 0. The summed E-state index contributed by atoms with van der Waals surface area (Å²) in [7, 11) is 0. The average Bonchev–Trinajstić information content (AvgIpc) is 2.75. The quantitative estimate of drug-likeness (QED) is 0.809. The molecule has 1 N–H and O–H groups in total. The molecule has 1 saturated heterocycles. The average molecular weight is 427 g/mol. The van der Waals surface area contributed by atoms with Gasteiger partial charge in [-0.15, -0.1) is 0 Å². The number of anilines is 1. The minimum absolute atomic E-state index is 0.0137. The fraction of sp³-hybridized carbons (Fsp3) is 0.417. The number of carbonyl (C=O) groups is 2. The Morgan fingerprint density at radius 1 is 1.06 bits per heavy atom. The Morgan fingerprint density at radius 3 is 2.55 bits per heavy atom. The van der Waals surface area contributed by atoms with Gasteiger partial charge in [-0.1, -0.05) is 31.2 Å². The van der Waals surface area contributed by atoms with Crippen LogP contribution < -0.4 is 5.32 Å². The number of likely N-dealkylation sites (tertiary alicyclic amines) is 1. The van der Waals surface area contributed by atoms with E-state index in [0.717, 1.165) is 55.6 Å². The molecule has 5 nitrogen and oxygen atoms in total. The highest BCUT2D eigenvalue weighted by molar-refractivity contribution is 5.93. The largest absolute Gasteiger partial charge is 0.341 e. The van der Waals surface area contributed by atoms with Crippen LogP contribution in [0.1, 0.15) is 36.9 Å². The smallest absolute Gasteiger partial charge is 0.244 e. The molecule has 164 valence electrons. The summed E-state index contributed by atoms with van der Waals surface area (Å²) in [6, 6.07) is 10.3. The van der Waals surface area contributed by atoms with E-state index in [4.69, 9.17) is 0 Å². The maximum absolute atomic E-state index is 13.9. The van der Waals surface area contributed by atoms with Gasteiger partial charge in [-0.05, 0) is 48.4 Å². The standard InChI is InChI=1S/C24H27F2N3O2/c1-16-8-11-28(12-9-16)24(31)23-19-5-3-2-4-17(19)10-13-29(23)15-22(30)27-21-7-6-18(25)14-20(21)26/h2-7,14,16,23H,8-13,15H2,1H3,(H,27,30)/t23-/m0/s1. The second-order valence-corrected chi connectivity index (χ2v) is 8.50. The minimum atomic E-state index is -0.826. The zero-order chi connectivity index (χ0) is 22.0. The summed E-state index contributed by atoms with van der Waals surface area (Å²) in [6.45, 7) is 4.14. The number of nitrogens with one attached hydrogen (secondary N) is 1. The Hall–Kier alpha value is -2.80. The molecule has 0 radical (unpaired) electrons. The van der Waals surface area contributed by atoms with Crippen LogP contribution in [0.3, 0.4) is 0 Å². The zero-order valence-corrected chi connectivity index (χ0v) is 17.6. The molecule has 2 amide bonds. The Bertz CT molecular complexity index is 973. The molecule has 1 fully saturated rings. The molecule has 2 aromatic rings. The van der Waals surface area contributed by atoms with Crippen LogP contribution >= 0.6 is 0 Å². The highest BCUT2D eigenvalue weighted by Crippen LogP contribution is 2.32. The third kappa shape index (κ3) is 4.77. The molecule has 0 spiro atoms. The van der Waals surface area contributed by atoms with Gasteiger partial charge < -0.3 is 10.2 Å². The Balaban J connectivity index is 1.53. The molecule has 0 unspecified atom stereocenters. The van der Waals surface area contributed by atoms with Crippen LogP contribution in [-0.4, -0.2) is 47.8 Å². The van der Waals surface area contributed by atoms with Crippen molar-refractivity contribution in [1.29, 1.82) is 0 Å². The van der Waals surface area contributed by atoms with E-state index in [1.165, 1.54) is 6.07 Å². The van der Waals surface area contributed by atoms with Gasteiger partial charge >= 0.3 is 0 Å². The van der Waals surface area contributed by atoms with Gasteiger partial charge in [-0.25, -0.2) is 8.78 Å². The van der Waals surface area contributed by atoms with Crippen molar-refractivity contribution in [2.24, 2.45) is 5.92 Å². The highest BCUT2D eigenvalue weighted by atomic mass is 19.1. The third-order valence-corrected chi connectivity index (χ3v) is 6.26. The summed E-state index contributed by atoms with van der Waals surface area (Å²) in [6.07, 6.45) is 2.68. The van der Waals surface area contributed by atoms with Crippen molar-refractivity contribution in [2.45, 2.75) is 32.2 Å². The van der Waals surface area contributed by atoms with Crippen LogP contribution in [0, 0.1) is 17.6 Å². The van der Waals surface area contributed by atoms with Crippen molar-refractivity contribution in [3.63, 3.8) is 0 Å². The van der Waals surface area contributed by atoms with E-state index in [0.29, 0.717) is 12.5 Å². The van der Waals surface area contributed by atoms with Crippen molar-refractivity contribution < 1.29 is 18.4 Å². The van der Waals surface area contributed by atoms with E-state index < -0.39 is 23.6 Å². The zero-order valence-electron chi connectivity index (χ0n) is 17.6. The molecule has 0 aromatic heterocycles. The van der Waals surface area contributed by atoms with Crippen LogP contribution in [0.4, 0.5) is 14.5 Å². The summed E-state index contributed by atoms with van der Waals surface area (Å²) in [4.78, 5) is 30.0. The van der Waals surface area contributed by atoms with Crippen molar-refractivity contribution >= 4 is 17.5 Å². The van der Waals surface area contributed by atoms with Crippen LogP contribution in [0.2, 0.25) is 0 Å². The van der Waals surface area contributed by atoms with E-state index in [-0.39, 0.29) is 18.1 Å². The molecule has 2 aromatic carbocycles. The predicted molar refractivity (Wildman–Crippen MR) is 114 cm³/mol. The Kier molecular flexibility index (Phi) is 6.32. The van der Waals surface area contributed by atoms with E-state index in [2.05, 4.69) is 12.2 Å². The number of rotatable bonds is 4. The van der Waals surface area contributed by atoms with Crippen LogP contribution in [-0.2, 0) is 16.0 Å². The molecule has 0 bridgehead atoms. The van der Waals surface area contributed by atoms with Gasteiger partial charge in [0.15, 0.2) is 0 Å². The van der Waals surface area contributed by atoms with E-state index in [1.807, 2.05) is 34.1 Å². The lowest BCUT2D eigenvalue weighted by Gasteiger charge is -2.40. The molecule has 0 saturated carbocycles. The SMILES string of the molecule is CC1CCN(C(=O)[C@@H]2c3ccccc3CCN2CC(=O)Nc2ccc(F)cc2F)CC1. The second kappa shape index (κ2) is 9.14. The molecule has 7 heteroatoms. The number of carbonyl (C=O) groups excluding carboxylic acids is 2. The number of hydrogen-bond acceptors (Lipinski definition) is 3. The van der Waals surface area contributed by atoms with E-state index >= 15 is 0 Å². The fourth-order valence-electron chi connectivity index (χ4n) is 4.44. The lowest BCUT2D eigenvalue weighted by Crippen LogP contribution is -2.50. The first-order valence-corrected chi connectivity index (χ1v) is 10.8. The van der Waals surface area contributed by atoms with Crippen molar-refractivity contribution in [3.8, 4) is 0 Å². The van der Waals surface area contributed by atoms with Gasteiger partial charge in [-0.3, -0.25) is 14.5 Å². The number of nitrogens with zero attached hydrogens (tertiary/aromatic N) is 2. The summed E-state index contributed by atoms with van der Waals surface area (Å²) in [5, 5.41) is 2.51. The third-order valence-electron chi connectivity index (χ3n) is 6.26. The first-order valence-electron chi connectivity index (χ1n) is 10.8. The molecular weight excluding hydrogens is 400 g/mol. The summed E-state index contributed by atoms with van der Waals surface area (Å²) in [5.41, 5.74) is 1.97. The Labute approximate surface area is 181 Å². The van der Waals surface area contributed by atoms with E-state index in [9.17, 15) is 18.4 Å². The van der Waals surface area contributed by atoms with Gasteiger partial charge in [0.2, 0.25) is 11.8 Å². The number of fused-ring (bicyclic) bond motifs is 1. The molecule has 2 heterocycles. The van der Waals surface area contributed by atoms with Crippen LogP contribution in [0.15, 0.2) is 42.5 Å². The Morgan fingerprint density at radius 2 is 1.81 bits per heavy atom. The molecular formula is C24H27F2N3O2. The number of hydrogen-bond donors (Lipinski definition) is 1. The van der Waals surface area contributed by atoms with E-state index in [1.54, 1.807) is 0 Å². The minimum Gasteiger partial charge on any atom is -0.341 e. The van der Waals surface area contributed by atoms with Gasteiger partial charge in [0.05, 0.1) is 12.2 Å². The van der Waals surface area contributed by atoms with Crippen molar-refractivity contribution in [1.82, 2.24) is 9.80 Å². The van der Waals surface area contributed by atoms with Crippen molar-refractivity contribution in [3.05, 3.63) is 65.2 Å². The fourth-order valence-corrected chi connectivity index (χ4v) is 4.44. The van der Waals surface area contributed by atoms with Gasteiger partial charge in [0, 0.05) is 25.7 Å². The molecule has 2 aliphatic rings. The maximum atomic E-state index is 13.9. The summed E-state index contributed by atoms with van der Waals surface area (Å²) in [5.74, 6) is -1.35. The molecule has 31 heavy (non-hydrogen) atoms. The first kappa shape index (κ1) is 21.4. The second-order valence-electron chi connectivity index (χ2n) is 8.50. The number of halogens is 2. The predicted octanol–water partition coefficient (Wildman–Crippen LogP) is 3.76. The maximum Gasteiger partial charge on any atom is 0.244 e. The first-order chi connectivity index (χ1) is 14.9. The van der Waals surface area contributed by atoms with Gasteiger partial charge in [0.25, 0.3) is 0 Å². The van der Waals surface area contributed by atoms with Gasteiger partial charge in [0.1, 0.15) is 17.7 Å². The topological polar surface area (TPSA) is 52.7 Å². The normalized spacial score (nSPS) is 19.7. The summed E-state index contributed by atoms with van der Waals surface area (Å²) < 4.78 is 27.1. The number of benzene rings is 2. The van der Waals surface area contributed by atoms with Crippen LogP contribution in [0.25, 0.3) is 0 Å². The highest BCUT2D eigenvalue weighted by Gasteiger charge is 2.37. The molecule has 4 rings (SSSR count). The lowest BCUT2D eigenvalue weighted by molar-refractivity contribution is -0.139. The molecule has 2 aliphatic heterocycles. The van der Waals surface area contributed by atoms with Gasteiger partial charge in [-0.2, -0.15) is 0 Å². The van der Waals surface area contributed by atoms with Crippen LogP contribution in [0.5, 0.6) is 0 Å². The van der Waals surface area contributed by atoms with Crippen molar-refractivity contribution in [2.75, 3.05) is 31.5 Å².